The summed E-state index contributed by atoms with van der Waals surface area (Å²) in [4.78, 5) is 23.9. The van der Waals surface area contributed by atoms with Gasteiger partial charge >= 0.3 is 5.97 Å². The topological polar surface area (TPSA) is 46.6 Å². The molecule has 0 radical (unpaired) electrons. The number of carbonyl (C=O) groups is 2. The monoisotopic (exact) mass is 251 g/mol. The fourth-order valence-corrected chi connectivity index (χ4v) is 1.19. The van der Waals surface area contributed by atoms with Crippen LogP contribution in [0.3, 0.4) is 0 Å². The first-order valence-corrected chi connectivity index (χ1v) is 6.10. The Balaban J connectivity index is 0.00000137. The Morgan fingerprint density at radius 2 is 1.78 bits per heavy atom. The molecule has 0 saturated carbocycles. The van der Waals surface area contributed by atoms with Gasteiger partial charge in [0.1, 0.15) is 0 Å². The van der Waals surface area contributed by atoms with E-state index < -0.39 is 0 Å². The molecule has 0 spiro atoms. The van der Waals surface area contributed by atoms with Crippen molar-refractivity contribution in [2.75, 3.05) is 11.9 Å². The predicted octanol–water partition coefficient (Wildman–Crippen LogP) is 3.01. The fourth-order valence-electron chi connectivity index (χ4n) is 1.19. The smallest absolute Gasteiger partial charge is 0.310 e. The molecule has 0 fully saturated rings. The van der Waals surface area contributed by atoms with Crippen LogP contribution in [0.5, 0.6) is 5.75 Å². The third-order valence-electron chi connectivity index (χ3n) is 2.21. The summed E-state index contributed by atoms with van der Waals surface area (Å²) < 4.78 is 5.13. The van der Waals surface area contributed by atoms with Gasteiger partial charge in [0, 0.05) is 20.4 Å². The van der Waals surface area contributed by atoms with Crippen LogP contribution in [-0.2, 0) is 9.59 Å². The molecule has 0 aromatic heterocycles. The largest absolute Gasteiger partial charge is 0.424 e. The first-order valence-electron chi connectivity index (χ1n) is 6.10. The highest BCUT2D eigenvalue weighted by atomic mass is 16.5. The van der Waals surface area contributed by atoms with Crippen LogP contribution in [0, 0.1) is 0 Å². The van der Waals surface area contributed by atoms with Crippen LogP contribution in [0.1, 0.15) is 34.1 Å². The van der Waals surface area contributed by atoms with Gasteiger partial charge in [-0.1, -0.05) is 32.9 Å². The van der Waals surface area contributed by atoms with Gasteiger partial charge in [0.25, 0.3) is 0 Å². The first kappa shape index (κ1) is 16.2. The zero-order valence-corrected chi connectivity index (χ0v) is 11.7. The summed E-state index contributed by atoms with van der Waals surface area (Å²) >= 11 is 0. The van der Waals surface area contributed by atoms with Gasteiger partial charge < -0.3 is 9.64 Å². The van der Waals surface area contributed by atoms with Crippen LogP contribution in [0.2, 0.25) is 0 Å². The molecule has 1 aromatic carbocycles. The number of nitrogens with zero attached hydrogens (tertiary/aromatic N) is 1. The molecule has 4 nitrogen and oxygen atoms in total. The average Bonchev–Trinajstić information content (AvgIpc) is 2.40. The van der Waals surface area contributed by atoms with E-state index in [0.717, 1.165) is 0 Å². The Hall–Kier alpha value is -1.84. The molecule has 0 N–H and O–H groups in total. The number of rotatable bonds is 3. The van der Waals surface area contributed by atoms with E-state index in [2.05, 4.69) is 0 Å². The number of para-hydroxylation sites is 2. The first-order chi connectivity index (χ1) is 8.56. The van der Waals surface area contributed by atoms with Crippen molar-refractivity contribution in [1.29, 1.82) is 0 Å². The summed E-state index contributed by atoms with van der Waals surface area (Å²) in [5, 5.41) is 0. The van der Waals surface area contributed by atoms with Crippen LogP contribution < -0.4 is 9.64 Å². The van der Waals surface area contributed by atoms with Crippen LogP contribution in [0.15, 0.2) is 24.3 Å². The zero-order valence-electron chi connectivity index (χ0n) is 11.7. The van der Waals surface area contributed by atoms with Gasteiger partial charge in [0.05, 0.1) is 5.69 Å². The highest BCUT2D eigenvalue weighted by molar-refractivity contribution is 5.93. The highest BCUT2D eigenvalue weighted by Crippen LogP contribution is 2.27. The van der Waals surface area contributed by atoms with Crippen molar-refractivity contribution in [1.82, 2.24) is 0 Å². The number of esters is 1. The van der Waals surface area contributed by atoms with E-state index in [1.54, 1.807) is 38.2 Å². The Morgan fingerprint density at radius 3 is 2.28 bits per heavy atom. The van der Waals surface area contributed by atoms with Crippen molar-refractivity contribution < 1.29 is 14.3 Å². The average molecular weight is 251 g/mol. The normalized spacial score (nSPS) is 8.94. The maximum absolute atomic E-state index is 11.2. The summed E-state index contributed by atoms with van der Waals surface area (Å²) in [6.45, 7) is 7.18. The van der Waals surface area contributed by atoms with Gasteiger partial charge in [0.15, 0.2) is 5.75 Å². The van der Waals surface area contributed by atoms with Crippen LogP contribution in [0.25, 0.3) is 0 Å². The zero-order chi connectivity index (χ0) is 14.1. The molecular formula is C14H21NO3. The lowest BCUT2D eigenvalue weighted by atomic mass is 10.2. The van der Waals surface area contributed by atoms with Crippen LogP contribution in [-0.4, -0.2) is 18.9 Å². The molecule has 0 heterocycles. The number of ether oxygens (including phenoxy) is 1. The number of benzene rings is 1. The number of anilines is 1. The SMILES string of the molecule is CC.CCC(=O)Oc1ccccc1N(C)C(C)=O. The molecule has 0 aliphatic heterocycles. The summed E-state index contributed by atoms with van der Waals surface area (Å²) in [5.74, 6) is -0.0172. The van der Waals surface area contributed by atoms with Crippen molar-refractivity contribution in [2.24, 2.45) is 0 Å². The molecule has 100 valence electrons. The van der Waals surface area contributed by atoms with Crippen molar-refractivity contribution in [2.45, 2.75) is 34.1 Å². The molecule has 0 unspecified atom stereocenters. The second-order valence-electron chi connectivity index (χ2n) is 3.37. The molecule has 0 saturated heterocycles. The summed E-state index contributed by atoms with van der Waals surface area (Å²) in [6, 6.07) is 6.95. The summed E-state index contributed by atoms with van der Waals surface area (Å²) in [7, 11) is 1.64. The fraction of sp³-hybridized carbons (Fsp3) is 0.429. The predicted molar refractivity (Wildman–Crippen MR) is 72.8 cm³/mol. The minimum absolute atomic E-state index is 0.111. The molecule has 18 heavy (non-hydrogen) atoms. The van der Waals surface area contributed by atoms with Crippen LogP contribution >= 0.6 is 0 Å². The van der Waals surface area contributed by atoms with E-state index in [0.29, 0.717) is 17.9 Å². The second kappa shape index (κ2) is 8.28. The van der Waals surface area contributed by atoms with E-state index in [9.17, 15) is 9.59 Å². The minimum atomic E-state index is -0.315. The lowest BCUT2D eigenvalue weighted by Crippen LogP contribution is -2.23. The number of carbonyl (C=O) groups excluding carboxylic acids is 2. The highest BCUT2D eigenvalue weighted by Gasteiger charge is 2.13. The minimum Gasteiger partial charge on any atom is -0.424 e. The molecule has 4 heteroatoms. The van der Waals surface area contributed by atoms with Crippen molar-refractivity contribution >= 4 is 17.6 Å². The van der Waals surface area contributed by atoms with Crippen molar-refractivity contribution in [3.05, 3.63) is 24.3 Å². The molecule has 1 aromatic rings. The van der Waals surface area contributed by atoms with Gasteiger partial charge in [-0.05, 0) is 12.1 Å². The Kier molecular flexibility index (Phi) is 7.43. The molecule has 1 rings (SSSR count). The number of hydrogen-bond acceptors (Lipinski definition) is 3. The number of amides is 1. The maximum Gasteiger partial charge on any atom is 0.310 e. The van der Waals surface area contributed by atoms with Crippen LogP contribution in [0.4, 0.5) is 5.69 Å². The molecule has 0 aliphatic rings. The van der Waals surface area contributed by atoms with Crippen molar-refractivity contribution in [3.63, 3.8) is 0 Å². The van der Waals surface area contributed by atoms with E-state index in [4.69, 9.17) is 4.74 Å². The van der Waals surface area contributed by atoms with Crippen molar-refractivity contribution in [3.8, 4) is 5.75 Å². The lowest BCUT2D eigenvalue weighted by Gasteiger charge is -2.18. The molecule has 0 bridgehead atoms. The lowest BCUT2D eigenvalue weighted by molar-refractivity contribution is -0.134. The van der Waals surface area contributed by atoms with Gasteiger partial charge in [-0.25, -0.2) is 0 Å². The van der Waals surface area contributed by atoms with E-state index in [-0.39, 0.29) is 11.9 Å². The summed E-state index contributed by atoms with van der Waals surface area (Å²) in [5.41, 5.74) is 0.594. The third kappa shape index (κ3) is 4.57. The van der Waals surface area contributed by atoms with Gasteiger partial charge in [0.2, 0.25) is 5.91 Å². The van der Waals surface area contributed by atoms with E-state index in [1.807, 2.05) is 13.8 Å². The number of hydrogen-bond donors (Lipinski definition) is 0. The molecular weight excluding hydrogens is 230 g/mol. The Morgan fingerprint density at radius 1 is 1.22 bits per heavy atom. The van der Waals surface area contributed by atoms with E-state index in [1.165, 1.54) is 11.8 Å². The molecule has 0 aliphatic carbocycles. The maximum atomic E-state index is 11.2. The standard InChI is InChI=1S/C12H15NO3.C2H6/c1-4-12(15)16-11-8-6-5-7-10(11)13(3)9(2)14;1-2/h5-8H,4H2,1-3H3;1-2H3. The second-order valence-corrected chi connectivity index (χ2v) is 3.37. The molecule has 0 atom stereocenters. The summed E-state index contributed by atoms with van der Waals surface area (Å²) in [6.07, 6.45) is 0.304. The Bertz CT molecular complexity index is 402. The third-order valence-corrected chi connectivity index (χ3v) is 2.21. The molecule has 1 amide bonds. The quantitative estimate of drug-likeness (QED) is 0.613. The van der Waals surface area contributed by atoms with E-state index >= 15 is 0 Å². The Labute approximate surface area is 109 Å². The van der Waals surface area contributed by atoms with Gasteiger partial charge in [-0.2, -0.15) is 0 Å². The van der Waals surface area contributed by atoms with Gasteiger partial charge in [-0.15, -0.1) is 0 Å². The van der Waals surface area contributed by atoms with Gasteiger partial charge in [-0.3, -0.25) is 9.59 Å².